The van der Waals surface area contributed by atoms with Crippen molar-refractivity contribution in [2.45, 2.75) is 347 Å². The fourth-order valence-corrected chi connectivity index (χ4v) is 10.7. The van der Waals surface area contributed by atoms with Crippen molar-refractivity contribution in [2.24, 2.45) is 0 Å². The van der Waals surface area contributed by atoms with Crippen molar-refractivity contribution in [2.75, 3.05) is 40.9 Å². The van der Waals surface area contributed by atoms with Gasteiger partial charge in [-0.1, -0.05) is 316 Å². The minimum absolute atomic E-state index is 0.0163. The lowest BCUT2D eigenvalue weighted by molar-refractivity contribution is -0.870. The van der Waals surface area contributed by atoms with Crippen LogP contribution in [0.15, 0.2) is 0 Å². The van der Waals surface area contributed by atoms with Crippen LogP contribution in [0.5, 0.6) is 0 Å². The molecule has 0 rings (SSSR count). The molecule has 0 bridgehead atoms. The van der Waals surface area contributed by atoms with E-state index in [0.717, 1.165) is 38.5 Å². The van der Waals surface area contributed by atoms with Crippen LogP contribution in [-0.2, 0) is 18.4 Å². The second-order valence-electron chi connectivity index (χ2n) is 23.1. The van der Waals surface area contributed by atoms with Crippen LogP contribution in [0.3, 0.4) is 0 Å². The maximum atomic E-state index is 13.0. The van der Waals surface area contributed by atoms with E-state index in [2.05, 4.69) is 19.2 Å². The molecule has 8 nitrogen and oxygen atoms in total. The van der Waals surface area contributed by atoms with E-state index >= 15 is 0 Å². The van der Waals surface area contributed by atoms with E-state index < -0.39 is 20.0 Å². The van der Waals surface area contributed by atoms with Crippen LogP contribution in [0.2, 0.25) is 0 Å². The van der Waals surface area contributed by atoms with Crippen LogP contribution >= 0.6 is 7.82 Å². The van der Waals surface area contributed by atoms with Crippen molar-refractivity contribution in [1.82, 2.24) is 5.32 Å². The standard InChI is InChI=1S/C61H125N2O6P/c1-6-8-10-12-14-16-18-20-21-22-23-24-25-26-27-28-29-30-31-32-33-34-35-36-37-38-39-40-41-42-43-45-47-49-51-53-55-61(65)62-59(58-69-70(66,67)68-57-56-63(3,4)5)60(64)54-52-50-48-46-44-19-17-15-13-11-9-7-2/h59-60,64H,6-58H2,1-5H3,(H-,62,65,66,67). The Morgan fingerprint density at radius 1 is 0.443 bits per heavy atom. The zero-order valence-corrected chi connectivity index (χ0v) is 48.9. The van der Waals surface area contributed by atoms with Crippen molar-refractivity contribution in [3.63, 3.8) is 0 Å². The van der Waals surface area contributed by atoms with Gasteiger partial charge in [0.05, 0.1) is 39.9 Å². The molecule has 0 aliphatic heterocycles. The lowest BCUT2D eigenvalue weighted by atomic mass is 10.0. The van der Waals surface area contributed by atoms with Gasteiger partial charge in [-0.25, -0.2) is 0 Å². The number of rotatable bonds is 59. The molecule has 0 aromatic carbocycles. The van der Waals surface area contributed by atoms with Gasteiger partial charge in [0.1, 0.15) is 13.2 Å². The highest BCUT2D eigenvalue weighted by molar-refractivity contribution is 7.45. The first-order chi connectivity index (χ1) is 34.0. The Bertz CT molecular complexity index is 1100. The van der Waals surface area contributed by atoms with Gasteiger partial charge in [0.15, 0.2) is 0 Å². The summed E-state index contributed by atoms with van der Waals surface area (Å²) in [6.07, 6.45) is 64.7. The van der Waals surface area contributed by atoms with Crippen LogP contribution < -0.4 is 10.2 Å². The number of phosphoric ester groups is 1. The van der Waals surface area contributed by atoms with Gasteiger partial charge in [0.2, 0.25) is 5.91 Å². The average molecular weight is 1010 g/mol. The van der Waals surface area contributed by atoms with Crippen LogP contribution in [0.25, 0.3) is 0 Å². The van der Waals surface area contributed by atoms with Gasteiger partial charge >= 0.3 is 0 Å². The van der Waals surface area contributed by atoms with E-state index in [-0.39, 0.29) is 19.1 Å². The molecule has 0 saturated carbocycles. The number of hydrogen-bond acceptors (Lipinski definition) is 6. The van der Waals surface area contributed by atoms with Crippen LogP contribution in [0.1, 0.15) is 335 Å². The van der Waals surface area contributed by atoms with Crippen molar-refractivity contribution in [3.05, 3.63) is 0 Å². The zero-order chi connectivity index (χ0) is 51.3. The van der Waals surface area contributed by atoms with Crippen LogP contribution in [-0.4, -0.2) is 68.5 Å². The van der Waals surface area contributed by atoms with Gasteiger partial charge in [-0.2, -0.15) is 0 Å². The Morgan fingerprint density at radius 3 is 0.971 bits per heavy atom. The zero-order valence-electron chi connectivity index (χ0n) is 48.0. The normalized spacial score (nSPS) is 13.8. The maximum Gasteiger partial charge on any atom is 0.268 e. The first-order valence-electron chi connectivity index (χ1n) is 31.4. The van der Waals surface area contributed by atoms with Gasteiger partial charge in [0, 0.05) is 6.42 Å². The molecule has 2 N–H and O–H groups in total. The lowest BCUT2D eigenvalue weighted by Gasteiger charge is -2.30. The summed E-state index contributed by atoms with van der Waals surface area (Å²) in [5.41, 5.74) is 0. The van der Waals surface area contributed by atoms with E-state index in [1.54, 1.807) is 0 Å². The number of unbranched alkanes of at least 4 members (excludes halogenated alkanes) is 46. The highest BCUT2D eigenvalue weighted by Crippen LogP contribution is 2.38. The fraction of sp³-hybridized carbons (Fsp3) is 0.984. The SMILES string of the molecule is CCCCCCCCCCCCCCCCCCCCCCCCCCCCCCCCCCCCCCC(=O)NC(COP(=O)([O-])OCC[N+](C)(C)C)C(O)CCCCCCCCCCCCCC. The predicted molar refractivity (Wildman–Crippen MR) is 303 cm³/mol. The maximum absolute atomic E-state index is 13.0. The number of aliphatic hydroxyl groups is 1. The summed E-state index contributed by atoms with van der Waals surface area (Å²) in [6.45, 7) is 4.76. The third-order valence-corrected chi connectivity index (χ3v) is 15.8. The van der Waals surface area contributed by atoms with Crippen molar-refractivity contribution >= 4 is 13.7 Å². The molecule has 0 aliphatic rings. The third kappa shape index (κ3) is 55.3. The molecule has 420 valence electrons. The Balaban J connectivity index is 3.83. The number of amides is 1. The largest absolute Gasteiger partial charge is 0.756 e. The summed E-state index contributed by atoms with van der Waals surface area (Å²) in [7, 11) is 1.32. The van der Waals surface area contributed by atoms with Crippen molar-refractivity contribution < 1.29 is 32.9 Å². The molecule has 70 heavy (non-hydrogen) atoms. The lowest BCUT2D eigenvalue weighted by Crippen LogP contribution is -2.46. The van der Waals surface area contributed by atoms with E-state index in [4.69, 9.17) is 9.05 Å². The van der Waals surface area contributed by atoms with E-state index in [0.29, 0.717) is 23.9 Å². The number of aliphatic hydroxyl groups excluding tert-OH is 1. The Kier molecular flexibility index (Phi) is 52.9. The third-order valence-electron chi connectivity index (χ3n) is 14.8. The number of carbonyl (C=O) groups excluding carboxylic acids is 1. The molecular formula is C61H125N2O6P. The van der Waals surface area contributed by atoms with E-state index in [1.807, 2.05) is 21.1 Å². The summed E-state index contributed by atoms with van der Waals surface area (Å²) in [6, 6.07) is -0.794. The van der Waals surface area contributed by atoms with Crippen molar-refractivity contribution in [3.8, 4) is 0 Å². The molecule has 0 saturated heterocycles. The minimum atomic E-state index is -4.56. The quantitative estimate of drug-likeness (QED) is 0.0357. The Morgan fingerprint density at radius 2 is 0.700 bits per heavy atom. The molecule has 0 aliphatic carbocycles. The fourth-order valence-electron chi connectivity index (χ4n) is 9.93. The molecular weight excluding hydrogens is 888 g/mol. The van der Waals surface area contributed by atoms with Crippen LogP contribution in [0.4, 0.5) is 0 Å². The van der Waals surface area contributed by atoms with Crippen molar-refractivity contribution in [1.29, 1.82) is 0 Å². The van der Waals surface area contributed by atoms with Gasteiger partial charge < -0.3 is 28.8 Å². The van der Waals surface area contributed by atoms with E-state index in [1.165, 1.54) is 270 Å². The summed E-state index contributed by atoms with van der Waals surface area (Å²) >= 11 is 0. The topological polar surface area (TPSA) is 108 Å². The highest BCUT2D eigenvalue weighted by Gasteiger charge is 2.24. The molecule has 0 radical (unpaired) electrons. The van der Waals surface area contributed by atoms with Gasteiger partial charge in [0.25, 0.3) is 7.82 Å². The second-order valence-corrected chi connectivity index (χ2v) is 24.5. The smallest absolute Gasteiger partial charge is 0.268 e. The molecule has 9 heteroatoms. The number of likely N-dealkylation sites (N-methyl/N-ethyl adjacent to an activating group) is 1. The summed E-state index contributed by atoms with van der Waals surface area (Å²) < 4.78 is 23.4. The summed E-state index contributed by atoms with van der Waals surface area (Å²) in [5.74, 6) is -0.157. The first-order valence-corrected chi connectivity index (χ1v) is 32.8. The molecule has 0 fully saturated rings. The Hall–Kier alpha value is -0.500. The predicted octanol–water partition coefficient (Wildman–Crippen LogP) is 18.6. The minimum Gasteiger partial charge on any atom is -0.756 e. The van der Waals surface area contributed by atoms with Gasteiger partial charge in [-0.15, -0.1) is 0 Å². The Labute approximate surface area is 438 Å². The monoisotopic (exact) mass is 1010 g/mol. The summed E-state index contributed by atoms with van der Waals surface area (Å²) in [5, 5.41) is 14.0. The molecule has 0 heterocycles. The second kappa shape index (κ2) is 53.3. The molecule has 0 aromatic rings. The molecule has 0 spiro atoms. The number of hydrogen-bond donors (Lipinski definition) is 2. The summed E-state index contributed by atoms with van der Waals surface area (Å²) in [4.78, 5) is 25.5. The molecule has 3 atom stereocenters. The highest BCUT2D eigenvalue weighted by atomic mass is 31.2. The molecule has 1 amide bonds. The number of nitrogens with zero attached hydrogens (tertiary/aromatic N) is 1. The van der Waals surface area contributed by atoms with Gasteiger partial charge in [-0.3, -0.25) is 9.36 Å². The number of phosphoric acid groups is 1. The van der Waals surface area contributed by atoms with Gasteiger partial charge in [-0.05, 0) is 12.8 Å². The molecule has 0 aromatic heterocycles. The first kappa shape index (κ1) is 69.5. The average Bonchev–Trinajstić information content (AvgIpc) is 3.32. The molecule has 3 unspecified atom stereocenters. The number of quaternary nitrogens is 1. The number of carbonyl (C=O) groups is 1. The van der Waals surface area contributed by atoms with Crippen LogP contribution in [0, 0.1) is 0 Å². The number of nitrogens with one attached hydrogen (secondary N) is 1. The van der Waals surface area contributed by atoms with E-state index in [9.17, 15) is 19.4 Å².